The first-order valence-corrected chi connectivity index (χ1v) is 6.36. The van der Waals surface area contributed by atoms with Crippen molar-refractivity contribution in [2.45, 2.75) is 6.92 Å². The second kappa shape index (κ2) is 5.13. The van der Waals surface area contributed by atoms with Gasteiger partial charge in [0.25, 0.3) is 5.56 Å². The van der Waals surface area contributed by atoms with Crippen molar-refractivity contribution >= 4 is 0 Å². The SMILES string of the molecule is Cc1cccc(-c2ccccc2-c2nc(=O)cco2)c1. The van der Waals surface area contributed by atoms with E-state index in [0.29, 0.717) is 5.89 Å². The molecule has 0 aliphatic heterocycles. The normalized spacial score (nSPS) is 10.4. The molecule has 0 spiro atoms. The third kappa shape index (κ3) is 2.38. The van der Waals surface area contributed by atoms with E-state index in [4.69, 9.17) is 4.42 Å². The summed E-state index contributed by atoms with van der Waals surface area (Å²) < 4.78 is 5.38. The van der Waals surface area contributed by atoms with Crippen LogP contribution in [0.3, 0.4) is 0 Å². The van der Waals surface area contributed by atoms with Gasteiger partial charge in [-0.2, -0.15) is 4.98 Å². The maximum absolute atomic E-state index is 11.4. The minimum absolute atomic E-state index is 0.301. The fourth-order valence-corrected chi connectivity index (χ4v) is 2.18. The second-order valence-corrected chi connectivity index (χ2v) is 4.59. The van der Waals surface area contributed by atoms with Crippen LogP contribution in [0, 0.1) is 6.92 Å². The molecule has 3 aromatic rings. The molecule has 0 atom stereocenters. The van der Waals surface area contributed by atoms with Crippen LogP contribution in [0.1, 0.15) is 5.56 Å². The Hall–Kier alpha value is -2.68. The molecule has 0 amide bonds. The molecule has 0 bridgehead atoms. The van der Waals surface area contributed by atoms with Crippen molar-refractivity contribution in [2.24, 2.45) is 0 Å². The summed E-state index contributed by atoms with van der Waals surface area (Å²) in [6.07, 6.45) is 1.37. The van der Waals surface area contributed by atoms with Crippen LogP contribution in [0.5, 0.6) is 0 Å². The van der Waals surface area contributed by atoms with Gasteiger partial charge in [-0.05, 0) is 24.1 Å². The first-order valence-electron chi connectivity index (χ1n) is 6.36. The van der Waals surface area contributed by atoms with E-state index in [-0.39, 0.29) is 5.56 Å². The average Bonchev–Trinajstić information content (AvgIpc) is 2.47. The molecular formula is C17H13NO2. The van der Waals surface area contributed by atoms with Gasteiger partial charge in [-0.3, -0.25) is 4.79 Å². The molecule has 3 nitrogen and oxygen atoms in total. The molecule has 0 saturated heterocycles. The maximum atomic E-state index is 11.4. The lowest BCUT2D eigenvalue weighted by Gasteiger charge is -2.08. The molecule has 0 radical (unpaired) electrons. The molecule has 20 heavy (non-hydrogen) atoms. The number of rotatable bonds is 2. The summed E-state index contributed by atoms with van der Waals surface area (Å²) in [6, 6.07) is 17.3. The van der Waals surface area contributed by atoms with Crippen LogP contribution in [0.25, 0.3) is 22.6 Å². The smallest absolute Gasteiger partial charge is 0.276 e. The van der Waals surface area contributed by atoms with E-state index < -0.39 is 0 Å². The molecule has 0 fully saturated rings. The Bertz CT molecular complexity index is 806. The summed E-state index contributed by atoms with van der Waals surface area (Å²) in [5.74, 6) is 0.342. The number of hydrogen-bond acceptors (Lipinski definition) is 3. The summed E-state index contributed by atoms with van der Waals surface area (Å²) in [7, 11) is 0. The highest BCUT2D eigenvalue weighted by Gasteiger charge is 2.10. The first-order chi connectivity index (χ1) is 9.74. The average molecular weight is 263 g/mol. The Morgan fingerprint density at radius 2 is 1.75 bits per heavy atom. The molecule has 98 valence electrons. The first kappa shape index (κ1) is 12.4. The molecule has 0 N–H and O–H groups in total. The second-order valence-electron chi connectivity index (χ2n) is 4.59. The summed E-state index contributed by atoms with van der Waals surface area (Å²) in [4.78, 5) is 15.3. The number of hydrogen-bond donors (Lipinski definition) is 0. The highest BCUT2D eigenvalue weighted by Crippen LogP contribution is 2.30. The monoisotopic (exact) mass is 263 g/mol. The number of aryl methyl sites for hydroxylation is 1. The molecule has 1 aromatic heterocycles. The van der Waals surface area contributed by atoms with Crippen LogP contribution in [0.4, 0.5) is 0 Å². The van der Waals surface area contributed by atoms with Gasteiger partial charge < -0.3 is 4.42 Å². The molecule has 0 unspecified atom stereocenters. The minimum Gasteiger partial charge on any atom is -0.446 e. The van der Waals surface area contributed by atoms with Crippen molar-refractivity contribution in [3.63, 3.8) is 0 Å². The highest BCUT2D eigenvalue weighted by molar-refractivity contribution is 5.80. The van der Waals surface area contributed by atoms with E-state index in [1.54, 1.807) is 0 Å². The molecule has 3 heteroatoms. The Labute approximate surface area is 116 Å². The van der Waals surface area contributed by atoms with Crippen molar-refractivity contribution in [3.05, 3.63) is 76.8 Å². The zero-order chi connectivity index (χ0) is 13.9. The summed E-state index contributed by atoms with van der Waals surface area (Å²) in [5.41, 5.74) is 3.77. The summed E-state index contributed by atoms with van der Waals surface area (Å²) in [6.45, 7) is 2.05. The number of aromatic nitrogens is 1. The van der Waals surface area contributed by atoms with Gasteiger partial charge >= 0.3 is 0 Å². The lowest BCUT2D eigenvalue weighted by atomic mass is 9.98. The minimum atomic E-state index is -0.301. The maximum Gasteiger partial charge on any atom is 0.276 e. The molecule has 0 saturated carbocycles. The molecule has 1 heterocycles. The Morgan fingerprint density at radius 3 is 2.50 bits per heavy atom. The van der Waals surface area contributed by atoms with Crippen LogP contribution in [-0.2, 0) is 0 Å². The van der Waals surface area contributed by atoms with E-state index in [9.17, 15) is 4.79 Å². The summed E-state index contributed by atoms with van der Waals surface area (Å²) in [5, 5.41) is 0. The Kier molecular flexibility index (Phi) is 3.17. The van der Waals surface area contributed by atoms with Gasteiger partial charge in [0.1, 0.15) is 0 Å². The van der Waals surface area contributed by atoms with Gasteiger partial charge in [0.2, 0.25) is 5.89 Å². The third-order valence-corrected chi connectivity index (χ3v) is 3.09. The van der Waals surface area contributed by atoms with E-state index >= 15 is 0 Å². The van der Waals surface area contributed by atoms with Crippen LogP contribution < -0.4 is 5.56 Å². The van der Waals surface area contributed by atoms with E-state index in [1.165, 1.54) is 17.9 Å². The third-order valence-electron chi connectivity index (χ3n) is 3.09. The van der Waals surface area contributed by atoms with Gasteiger partial charge in [0.15, 0.2) is 0 Å². The zero-order valence-electron chi connectivity index (χ0n) is 11.0. The van der Waals surface area contributed by atoms with Crippen LogP contribution in [-0.4, -0.2) is 4.98 Å². The van der Waals surface area contributed by atoms with Gasteiger partial charge in [0.05, 0.1) is 6.26 Å². The number of nitrogens with zero attached hydrogens (tertiary/aromatic N) is 1. The van der Waals surface area contributed by atoms with Crippen molar-refractivity contribution in [1.82, 2.24) is 4.98 Å². The highest BCUT2D eigenvalue weighted by atomic mass is 16.3. The van der Waals surface area contributed by atoms with Crippen molar-refractivity contribution in [3.8, 4) is 22.6 Å². The van der Waals surface area contributed by atoms with Crippen LogP contribution >= 0.6 is 0 Å². The molecule has 0 aliphatic rings. The lowest BCUT2D eigenvalue weighted by Crippen LogP contribution is -2.03. The standard InChI is InChI=1S/C17H13NO2/c1-12-5-4-6-13(11-12)14-7-2-3-8-15(14)17-18-16(19)9-10-20-17/h2-11H,1H3. The predicted octanol–water partition coefficient (Wildman–Crippen LogP) is 3.68. The quantitative estimate of drug-likeness (QED) is 0.708. The zero-order valence-corrected chi connectivity index (χ0v) is 11.0. The fourth-order valence-electron chi connectivity index (χ4n) is 2.18. The van der Waals surface area contributed by atoms with Gasteiger partial charge in [-0.15, -0.1) is 0 Å². The van der Waals surface area contributed by atoms with E-state index in [1.807, 2.05) is 49.4 Å². The molecule has 2 aromatic carbocycles. The topological polar surface area (TPSA) is 43.1 Å². The molecule has 3 rings (SSSR count). The van der Waals surface area contributed by atoms with E-state index in [0.717, 1.165) is 16.7 Å². The van der Waals surface area contributed by atoms with Gasteiger partial charge in [0, 0.05) is 11.6 Å². The Balaban J connectivity index is 2.21. The predicted molar refractivity (Wildman–Crippen MR) is 78.4 cm³/mol. The van der Waals surface area contributed by atoms with E-state index in [2.05, 4.69) is 11.1 Å². The number of benzene rings is 2. The molecule has 0 aliphatic carbocycles. The van der Waals surface area contributed by atoms with Crippen LogP contribution in [0.2, 0.25) is 0 Å². The van der Waals surface area contributed by atoms with Crippen molar-refractivity contribution < 1.29 is 4.42 Å². The molecular weight excluding hydrogens is 250 g/mol. The fraction of sp³-hybridized carbons (Fsp3) is 0.0588. The van der Waals surface area contributed by atoms with Gasteiger partial charge in [-0.25, -0.2) is 0 Å². The van der Waals surface area contributed by atoms with Crippen molar-refractivity contribution in [2.75, 3.05) is 0 Å². The van der Waals surface area contributed by atoms with Crippen LogP contribution in [0.15, 0.2) is 70.1 Å². The summed E-state index contributed by atoms with van der Waals surface area (Å²) >= 11 is 0. The van der Waals surface area contributed by atoms with Gasteiger partial charge in [-0.1, -0.05) is 48.0 Å². The lowest BCUT2D eigenvalue weighted by molar-refractivity contribution is 0.542. The Morgan fingerprint density at radius 1 is 0.950 bits per heavy atom. The van der Waals surface area contributed by atoms with Crippen molar-refractivity contribution in [1.29, 1.82) is 0 Å². The largest absolute Gasteiger partial charge is 0.446 e.